The summed E-state index contributed by atoms with van der Waals surface area (Å²) in [7, 11) is 0. The molecule has 1 aliphatic carbocycles. The van der Waals surface area contributed by atoms with Crippen LogP contribution in [0.2, 0.25) is 0 Å². The number of alkyl halides is 2. The first-order valence-electron chi connectivity index (χ1n) is 5.02. The van der Waals surface area contributed by atoms with Gasteiger partial charge in [0.05, 0.1) is 12.2 Å². The van der Waals surface area contributed by atoms with Crippen molar-refractivity contribution in [3.05, 3.63) is 11.3 Å². The Morgan fingerprint density at radius 2 is 2.33 bits per heavy atom. The first kappa shape index (κ1) is 10.2. The van der Waals surface area contributed by atoms with Gasteiger partial charge in [-0.15, -0.1) is 0 Å². The van der Waals surface area contributed by atoms with Gasteiger partial charge in [-0.05, 0) is 6.42 Å². The number of rotatable bonds is 0. The molecule has 0 fully saturated rings. The third-order valence-electron chi connectivity index (χ3n) is 2.40. The average molecular weight is 210 g/mol. The molecule has 0 amide bonds. The maximum Gasteiger partial charge on any atom is 0.164 e. The summed E-state index contributed by atoms with van der Waals surface area (Å²) < 4.78 is 26.7. The predicted octanol–water partition coefficient (Wildman–Crippen LogP) is 1.39. The van der Waals surface area contributed by atoms with Crippen LogP contribution in [0.15, 0.2) is 16.3 Å². The molecule has 1 unspecified atom stereocenters. The lowest BCUT2D eigenvalue weighted by molar-refractivity contribution is 0.276. The fourth-order valence-electron chi connectivity index (χ4n) is 1.64. The summed E-state index contributed by atoms with van der Waals surface area (Å²) in [6, 6.07) is 0. The molecule has 1 aliphatic heterocycles. The maximum absolute atomic E-state index is 13.7. The van der Waals surface area contributed by atoms with Gasteiger partial charge in [-0.2, -0.15) is 0 Å². The third kappa shape index (κ3) is 2.35. The molecule has 2 aliphatic rings. The topological polar surface area (TPSA) is 24.4 Å². The summed E-state index contributed by atoms with van der Waals surface area (Å²) in [6.07, 6.45) is -0.313. The zero-order valence-electron chi connectivity index (χ0n) is 8.26. The summed E-state index contributed by atoms with van der Waals surface area (Å²) in [4.78, 5) is 4.10. The minimum atomic E-state index is -1.38. The van der Waals surface area contributed by atoms with Crippen molar-refractivity contribution in [3.63, 3.8) is 0 Å². The summed E-state index contributed by atoms with van der Waals surface area (Å²) in [5.74, 6) is 5.06. The van der Waals surface area contributed by atoms with Crippen LogP contribution in [0, 0.1) is 11.8 Å². The highest BCUT2D eigenvalue weighted by molar-refractivity contribution is 5.59. The second kappa shape index (κ2) is 4.43. The van der Waals surface area contributed by atoms with E-state index >= 15 is 0 Å². The molecule has 0 saturated carbocycles. The molecule has 0 aromatic heterocycles. The minimum absolute atomic E-state index is 0.178. The van der Waals surface area contributed by atoms with Crippen LogP contribution in [0.1, 0.15) is 12.8 Å². The Morgan fingerprint density at radius 1 is 1.47 bits per heavy atom. The molecular weight excluding hydrogens is 198 g/mol. The highest BCUT2D eigenvalue weighted by Crippen LogP contribution is 2.20. The number of aliphatic imine (C=N–C) groups is 1. The van der Waals surface area contributed by atoms with Crippen LogP contribution >= 0.6 is 0 Å². The van der Waals surface area contributed by atoms with Crippen molar-refractivity contribution in [2.45, 2.75) is 25.2 Å². The zero-order chi connectivity index (χ0) is 10.7. The second-order valence-electron chi connectivity index (χ2n) is 3.57. The van der Waals surface area contributed by atoms with Gasteiger partial charge in [-0.1, -0.05) is 11.8 Å². The molecule has 0 aromatic carbocycles. The van der Waals surface area contributed by atoms with Crippen molar-refractivity contribution < 1.29 is 8.78 Å². The number of hydrogen-bond donors (Lipinski definition) is 1. The molecule has 4 heteroatoms. The number of halogens is 2. The fourth-order valence-corrected chi connectivity index (χ4v) is 1.64. The van der Waals surface area contributed by atoms with Gasteiger partial charge in [-0.3, -0.25) is 4.99 Å². The van der Waals surface area contributed by atoms with Crippen molar-refractivity contribution in [1.29, 1.82) is 0 Å². The van der Waals surface area contributed by atoms with Crippen molar-refractivity contribution in [1.82, 2.24) is 5.32 Å². The molecule has 80 valence electrons. The van der Waals surface area contributed by atoms with Crippen molar-refractivity contribution in [3.8, 4) is 11.8 Å². The van der Waals surface area contributed by atoms with Gasteiger partial charge in [0.2, 0.25) is 0 Å². The SMILES string of the molecule is FC1C[C@@H](F)C#CC2=C1NCCC=NC2. The Kier molecular flexibility index (Phi) is 3.00. The molecule has 2 rings (SSSR count). The Balaban J connectivity index is 2.30. The van der Waals surface area contributed by atoms with Gasteiger partial charge >= 0.3 is 0 Å². The second-order valence-corrected chi connectivity index (χ2v) is 3.57. The van der Waals surface area contributed by atoms with Crippen LogP contribution in [-0.2, 0) is 0 Å². The van der Waals surface area contributed by atoms with Gasteiger partial charge in [0.25, 0.3) is 0 Å². The lowest BCUT2D eigenvalue weighted by Gasteiger charge is -2.17. The van der Waals surface area contributed by atoms with Crippen LogP contribution in [-0.4, -0.2) is 31.6 Å². The predicted molar refractivity (Wildman–Crippen MR) is 55.2 cm³/mol. The smallest absolute Gasteiger partial charge is 0.164 e. The van der Waals surface area contributed by atoms with E-state index in [4.69, 9.17) is 0 Å². The normalized spacial score (nSPS) is 30.3. The minimum Gasteiger partial charge on any atom is -0.385 e. The van der Waals surface area contributed by atoms with Crippen LogP contribution < -0.4 is 5.32 Å². The van der Waals surface area contributed by atoms with Gasteiger partial charge in [0, 0.05) is 24.8 Å². The standard InChI is InChI=1S/C11H12F2N2/c12-9-3-2-8-7-14-4-1-5-15-11(8)10(13)6-9/h4,9-10,15H,1,5-7H2/t9-,10?/m0/s1. The van der Waals surface area contributed by atoms with Gasteiger partial charge in [0.15, 0.2) is 6.17 Å². The van der Waals surface area contributed by atoms with Gasteiger partial charge in [0.1, 0.15) is 6.17 Å². The lowest BCUT2D eigenvalue weighted by atomic mass is 10.1. The molecule has 2 nitrogen and oxygen atoms in total. The Labute approximate surface area is 87.5 Å². The number of nitrogens with zero attached hydrogens (tertiary/aromatic N) is 1. The van der Waals surface area contributed by atoms with Crippen LogP contribution in [0.3, 0.4) is 0 Å². The molecule has 0 spiro atoms. The Morgan fingerprint density at radius 3 is 3.20 bits per heavy atom. The molecule has 0 aromatic rings. The van der Waals surface area contributed by atoms with E-state index in [2.05, 4.69) is 22.2 Å². The molecular formula is C11H12F2N2. The van der Waals surface area contributed by atoms with E-state index in [-0.39, 0.29) is 6.42 Å². The van der Waals surface area contributed by atoms with E-state index in [1.807, 2.05) is 0 Å². The number of hydrogen-bond acceptors (Lipinski definition) is 2. The molecule has 15 heavy (non-hydrogen) atoms. The first-order chi connectivity index (χ1) is 7.27. The third-order valence-corrected chi connectivity index (χ3v) is 2.40. The largest absolute Gasteiger partial charge is 0.385 e. The molecule has 1 N–H and O–H groups in total. The Bertz CT molecular complexity index is 363. The van der Waals surface area contributed by atoms with E-state index in [9.17, 15) is 8.78 Å². The highest BCUT2D eigenvalue weighted by atomic mass is 19.1. The molecule has 0 radical (unpaired) electrons. The van der Waals surface area contributed by atoms with E-state index in [1.165, 1.54) is 0 Å². The fraction of sp³-hybridized carbons (Fsp3) is 0.545. The monoisotopic (exact) mass is 210 g/mol. The van der Waals surface area contributed by atoms with Crippen molar-refractivity contribution in [2.24, 2.45) is 4.99 Å². The van der Waals surface area contributed by atoms with Crippen LogP contribution in [0.5, 0.6) is 0 Å². The summed E-state index contributed by atoms with van der Waals surface area (Å²) in [6.45, 7) is 0.976. The summed E-state index contributed by atoms with van der Waals surface area (Å²) in [5.41, 5.74) is 1.01. The summed E-state index contributed by atoms with van der Waals surface area (Å²) in [5, 5.41) is 2.98. The first-order valence-corrected chi connectivity index (χ1v) is 5.02. The van der Waals surface area contributed by atoms with E-state index in [1.54, 1.807) is 6.21 Å². The molecule has 0 bridgehead atoms. The zero-order valence-corrected chi connectivity index (χ0v) is 8.26. The van der Waals surface area contributed by atoms with Crippen molar-refractivity contribution >= 4 is 6.21 Å². The van der Waals surface area contributed by atoms with Gasteiger partial charge < -0.3 is 5.32 Å². The number of allylic oxidation sites excluding steroid dienone is 1. The molecule has 2 atom stereocenters. The molecule has 1 heterocycles. The maximum atomic E-state index is 13.7. The Hall–Kier alpha value is -1.37. The van der Waals surface area contributed by atoms with Crippen molar-refractivity contribution in [2.75, 3.05) is 13.1 Å². The van der Waals surface area contributed by atoms with E-state index < -0.39 is 12.3 Å². The number of nitrogens with one attached hydrogen (secondary N) is 1. The molecule has 0 saturated heterocycles. The van der Waals surface area contributed by atoms with E-state index in [0.717, 1.165) is 6.42 Å². The van der Waals surface area contributed by atoms with Gasteiger partial charge in [-0.25, -0.2) is 8.78 Å². The van der Waals surface area contributed by atoms with Crippen LogP contribution in [0.4, 0.5) is 8.78 Å². The lowest BCUT2D eigenvalue weighted by Crippen LogP contribution is -2.27. The highest BCUT2D eigenvalue weighted by Gasteiger charge is 2.23. The summed E-state index contributed by atoms with van der Waals surface area (Å²) >= 11 is 0. The average Bonchev–Trinajstić information content (AvgIpc) is 2.26. The quantitative estimate of drug-likeness (QED) is 0.600. The van der Waals surface area contributed by atoms with Crippen LogP contribution in [0.25, 0.3) is 0 Å². The van der Waals surface area contributed by atoms with E-state index in [0.29, 0.717) is 24.4 Å².